The number of anilines is 1. The minimum absolute atomic E-state index is 0.0636. The van der Waals surface area contributed by atoms with Gasteiger partial charge in [0.15, 0.2) is 17.3 Å². The van der Waals surface area contributed by atoms with Crippen molar-refractivity contribution in [3.05, 3.63) is 64.4 Å². The predicted octanol–water partition coefficient (Wildman–Crippen LogP) is 5.00. The van der Waals surface area contributed by atoms with E-state index >= 15 is 0 Å². The largest absolute Gasteiger partial charge is 0.454 e. The number of fused-ring (bicyclic) bond motifs is 2. The lowest BCUT2D eigenvalue weighted by atomic mass is 9.74. The number of rotatable bonds is 1. The smallest absolute Gasteiger partial charge is 0.416 e. The molecular weight excluding hydrogens is 371 g/mol. The van der Waals surface area contributed by atoms with Gasteiger partial charge in [-0.3, -0.25) is 4.79 Å². The lowest BCUT2D eigenvalue weighted by molar-refractivity contribution is -0.138. The fourth-order valence-electron chi connectivity index (χ4n) is 4.28. The Kier molecular flexibility index (Phi) is 3.69. The molecule has 0 saturated heterocycles. The monoisotopic (exact) mass is 387 g/mol. The second kappa shape index (κ2) is 6.02. The maximum Gasteiger partial charge on any atom is 0.416 e. The molecule has 5 rings (SSSR count). The van der Waals surface area contributed by atoms with Crippen LogP contribution in [0, 0.1) is 0 Å². The third-order valence-electron chi connectivity index (χ3n) is 5.46. The summed E-state index contributed by atoms with van der Waals surface area (Å²) in [5, 5.41) is 3.26. The summed E-state index contributed by atoms with van der Waals surface area (Å²) in [4.78, 5) is 12.8. The van der Waals surface area contributed by atoms with Gasteiger partial charge >= 0.3 is 6.18 Å². The van der Waals surface area contributed by atoms with Crippen LogP contribution < -0.4 is 14.8 Å². The Morgan fingerprint density at radius 3 is 2.54 bits per heavy atom. The van der Waals surface area contributed by atoms with Gasteiger partial charge in [-0.1, -0.05) is 18.2 Å². The van der Waals surface area contributed by atoms with E-state index in [9.17, 15) is 18.0 Å². The van der Waals surface area contributed by atoms with E-state index < -0.39 is 17.7 Å². The van der Waals surface area contributed by atoms with Crippen LogP contribution in [0.4, 0.5) is 18.9 Å². The molecule has 1 unspecified atom stereocenters. The third-order valence-corrected chi connectivity index (χ3v) is 5.46. The zero-order valence-corrected chi connectivity index (χ0v) is 14.7. The Bertz CT molecular complexity index is 1030. The molecule has 0 spiro atoms. The van der Waals surface area contributed by atoms with Gasteiger partial charge in [-0.25, -0.2) is 0 Å². The van der Waals surface area contributed by atoms with E-state index in [-0.39, 0.29) is 18.1 Å². The molecule has 0 fully saturated rings. The number of carbonyl (C=O) groups excluding carboxylic acids is 1. The SMILES string of the molecule is O=C1CCCC2=C1C(c1ccccc1C(F)(F)F)c1cc3c(cc1N2)OCO3. The summed E-state index contributed by atoms with van der Waals surface area (Å²) >= 11 is 0. The second-order valence-electron chi connectivity index (χ2n) is 7.10. The topological polar surface area (TPSA) is 47.6 Å². The van der Waals surface area contributed by atoms with Crippen LogP contribution in [0.2, 0.25) is 0 Å². The van der Waals surface area contributed by atoms with Crippen molar-refractivity contribution >= 4 is 11.5 Å². The van der Waals surface area contributed by atoms with Gasteiger partial charge in [0.2, 0.25) is 6.79 Å². The minimum atomic E-state index is -4.52. The lowest BCUT2D eigenvalue weighted by Gasteiger charge is -2.35. The number of halogens is 3. The first kappa shape index (κ1) is 17.2. The van der Waals surface area contributed by atoms with Gasteiger partial charge in [0, 0.05) is 35.4 Å². The number of hydrogen-bond acceptors (Lipinski definition) is 4. The number of alkyl halides is 3. The van der Waals surface area contributed by atoms with Gasteiger partial charge in [0.25, 0.3) is 0 Å². The van der Waals surface area contributed by atoms with Crippen LogP contribution in [0.1, 0.15) is 41.9 Å². The van der Waals surface area contributed by atoms with Crippen molar-refractivity contribution < 1.29 is 27.4 Å². The van der Waals surface area contributed by atoms with Gasteiger partial charge < -0.3 is 14.8 Å². The molecule has 4 nitrogen and oxygen atoms in total. The number of Topliss-reactive ketones (excluding diaryl/α,β-unsaturated/α-hetero) is 1. The first-order valence-corrected chi connectivity index (χ1v) is 9.06. The van der Waals surface area contributed by atoms with Crippen molar-refractivity contribution in [2.75, 3.05) is 12.1 Å². The molecular formula is C21H16F3NO3. The molecule has 1 atom stereocenters. The number of nitrogens with one attached hydrogen (secondary N) is 1. The molecule has 0 saturated carbocycles. The van der Waals surface area contributed by atoms with Crippen molar-refractivity contribution in [3.8, 4) is 11.5 Å². The summed E-state index contributed by atoms with van der Waals surface area (Å²) in [5.41, 5.74) is 1.73. The van der Waals surface area contributed by atoms with Crippen LogP contribution in [-0.4, -0.2) is 12.6 Å². The number of ether oxygens (including phenoxy) is 2. The van der Waals surface area contributed by atoms with E-state index in [1.165, 1.54) is 12.1 Å². The summed E-state index contributed by atoms with van der Waals surface area (Å²) in [6.45, 7) is 0.0636. The number of allylic oxidation sites excluding steroid dienone is 2. The molecule has 0 radical (unpaired) electrons. The Morgan fingerprint density at radius 2 is 1.75 bits per heavy atom. The molecule has 2 aromatic rings. The van der Waals surface area contributed by atoms with Gasteiger partial charge in [0.05, 0.1) is 5.56 Å². The number of hydrogen-bond donors (Lipinski definition) is 1. The quantitative estimate of drug-likeness (QED) is 0.748. The Balaban J connectivity index is 1.78. The molecule has 3 aliphatic rings. The standard InChI is InChI=1S/C21H16F3NO3/c22-21(23,24)13-5-2-1-4-11(13)19-12-8-17-18(28-10-27-17)9-15(12)25-14-6-3-7-16(26)20(14)19/h1-2,4-5,8-9,19,25H,3,6-7,10H2. The zero-order chi connectivity index (χ0) is 19.5. The first-order chi connectivity index (χ1) is 13.4. The molecule has 7 heteroatoms. The number of ketones is 1. The summed E-state index contributed by atoms with van der Waals surface area (Å²) in [7, 11) is 0. The van der Waals surface area contributed by atoms with Crippen LogP contribution in [-0.2, 0) is 11.0 Å². The van der Waals surface area contributed by atoms with Crippen molar-refractivity contribution in [1.29, 1.82) is 0 Å². The Hall–Kier alpha value is -2.96. The van der Waals surface area contributed by atoms with Crippen molar-refractivity contribution in [1.82, 2.24) is 0 Å². The van der Waals surface area contributed by atoms with E-state index in [2.05, 4.69) is 5.32 Å². The van der Waals surface area contributed by atoms with Gasteiger partial charge in [-0.05, 0) is 36.1 Å². The van der Waals surface area contributed by atoms with Gasteiger partial charge in [0.1, 0.15) is 0 Å². The Labute approximate surface area is 159 Å². The summed E-state index contributed by atoms with van der Waals surface area (Å²) in [6, 6.07) is 8.90. The zero-order valence-electron chi connectivity index (χ0n) is 14.7. The van der Waals surface area contributed by atoms with Crippen molar-refractivity contribution in [2.45, 2.75) is 31.4 Å². The van der Waals surface area contributed by atoms with E-state index in [0.717, 1.165) is 6.07 Å². The van der Waals surface area contributed by atoms with Crippen LogP contribution in [0.3, 0.4) is 0 Å². The molecule has 0 aromatic heterocycles. The first-order valence-electron chi connectivity index (χ1n) is 9.06. The fraction of sp³-hybridized carbons (Fsp3) is 0.286. The molecule has 2 aromatic carbocycles. The summed E-state index contributed by atoms with van der Waals surface area (Å²) in [5.74, 6) is 0.105. The number of benzene rings is 2. The highest BCUT2D eigenvalue weighted by molar-refractivity contribution is 6.01. The van der Waals surface area contributed by atoms with Crippen molar-refractivity contribution in [2.24, 2.45) is 0 Å². The molecule has 0 bridgehead atoms. The normalized spacial score (nSPS) is 20.5. The molecule has 2 heterocycles. The van der Waals surface area contributed by atoms with Gasteiger partial charge in [-0.2, -0.15) is 13.2 Å². The van der Waals surface area contributed by atoms with Crippen LogP contribution >= 0.6 is 0 Å². The maximum absolute atomic E-state index is 13.8. The molecule has 144 valence electrons. The maximum atomic E-state index is 13.8. The third kappa shape index (κ3) is 2.57. The van der Waals surface area contributed by atoms with E-state index in [1.807, 2.05) is 0 Å². The van der Waals surface area contributed by atoms with E-state index in [4.69, 9.17) is 9.47 Å². The second-order valence-corrected chi connectivity index (χ2v) is 7.10. The van der Waals surface area contributed by atoms with Crippen molar-refractivity contribution in [3.63, 3.8) is 0 Å². The highest BCUT2D eigenvalue weighted by Gasteiger charge is 2.41. The average molecular weight is 387 g/mol. The predicted molar refractivity (Wildman–Crippen MR) is 95.4 cm³/mol. The molecule has 1 aliphatic carbocycles. The van der Waals surface area contributed by atoms with E-state index in [1.54, 1.807) is 18.2 Å². The number of carbonyl (C=O) groups is 1. The Morgan fingerprint density at radius 1 is 1.00 bits per heavy atom. The van der Waals surface area contributed by atoms with Crippen LogP contribution in [0.25, 0.3) is 0 Å². The highest BCUT2D eigenvalue weighted by Crippen LogP contribution is 2.51. The summed E-state index contributed by atoms with van der Waals surface area (Å²) in [6.07, 6.45) is -2.88. The average Bonchev–Trinajstić information content (AvgIpc) is 3.11. The highest BCUT2D eigenvalue weighted by atomic mass is 19.4. The van der Waals surface area contributed by atoms with Crippen LogP contribution in [0.5, 0.6) is 11.5 Å². The minimum Gasteiger partial charge on any atom is -0.454 e. The van der Waals surface area contributed by atoms with Crippen LogP contribution in [0.15, 0.2) is 47.7 Å². The lowest BCUT2D eigenvalue weighted by Crippen LogP contribution is -2.28. The molecule has 28 heavy (non-hydrogen) atoms. The molecule has 1 N–H and O–H groups in total. The fourth-order valence-corrected chi connectivity index (χ4v) is 4.28. The van der Waals surface area contributed by atoms with Gasteiger partial charge in [-0.15, -0.1) is 0 Å². The summed E-state index contributed by atoms with van der Waals surface area (Å²) < 4.78 is 52.1. The van der Waals surface area contributed by atoms with E-state index in [0.29, 0.717) is 53.3 Å². The molecule has 0 amide bonds. The molecule has 2 aliphatic heterocycles.